The van der Waals surface area contributed by atoms with E-state index in [9.17, 15) is 9.90 Å². The summed E-state index contributed by atoms with van der Waals surface area (Å²) in [6.45, 7) is 0.330. The molecule has 0 aliphatic heterocycles. The van der Waals surface area contributed by atoms with Crippen molar-refractivity contribution in [1.29, 1.82) is 0 Å². The topological polar surface area (TPSA) is 71.9 Å². The van der Waals surface area contributed by atoms with Gasteiger partial charge in [0.2, 0.25) is 0 Å². The highest BCUT2D eigenvalue weighted by atomic mass is 35.5. The van der Waals surface area contributed by atoms with Gasteiger partial charge in [0.25, 0.3) is 5.91 Å². The van der Waals surface area contributed by atoms with Crippen LogP contribution in [-0.4, -0.2) is 48.3 Å². The highest BCUT2D eigenvalue weighted by Crippen LogP contribution is 2.26. The molecule has 0 saturated carbocycles. The predicted octanol–water partition coefficient (Wildman–Crippen LogP) is 2.39. The first kappa shape index (κ1) is 18.0. The number of amides is 1. The zero-order chi connectivity index (χ0) is 17.5. The van der Waals surface area contributed by atoms with Crippen LogP contribution in [0.2, 0.25) is 5.15 Å². The number of carbonyl (C=O) groups excluding carboxylic acids is 1. The molecule has 1 N–H and O–H groups in total. The minimum Gasteiger partial charge on any atom is -0.497 e. The number of aromatic nitrogens is 1. The maximum absolute atomic E-state index is 12.6. The molecule has 0 atom stereocenters. The first-order valence-electron chi connectivity index (χ1n) is 7.31. The lowest BCUT2D eigenvalue weighted by Crippen LogP contribution is -2.33. The summed E-state index contributed by atoms with van der Waals surface area (Å²) in [6, 6.07) is 8.53. The van der Waals surface area contributed by atoms with Crippen LogP contribution in [0.5, 0.6) is 11.5 Å². The molecule has 2 aromatic rings. The lowest BCUT2D eigenvalue weighted by Gasteiger charge is -2.23. The summed E-state index contributed by atoms with van der Waals surface area (Å²) >= 11 is 5.75. The first-order chi connectivity index (χ1) is 11.6. The van der Waals surface area contributed by atoms with Crippen LogP contribution in [0.4, 0.5) is 0 Å². The van der Waals surface area contributed by atoms with Crippen molar-refractivity contribution in [3.8, 4) is 11.5 Å². The Bertz CT molecular complexity index is 691. The molecule has 0 radical (unpaired) electrons. The fourth-order valence-corrected chi connectivity index (χ4v) is 2.36. The van der Waals surface area contributed by atoms with Gasteiger partial charge < -0.3 is 19.5 Å². The van der Waals surface area contributed by atoms with Crippen molar-refractivity contribution in [2.45, 2.75) is 6.54 Å². The number of aliphatic hydroxyl groups excluding tert-OH is 1. The van der Waals surface area contributed by atoms with Crippen molar-refractivity contribution in [3.05, 3.63) is 52.8 Å². The third-order valence-corrected chi connectivity index (χ3v) is 3.71. The highest BCUT2D eigenvalue weighted by Gasteiger charge is 2.18. The minimum absolute atomic E-state index is 0.148. The molecule has 0 unspecified atom stereocenters. The SMILES string of the molecule is COc1ccc(CN(CCO)C(=O)c2ccc(Cl)nc2)c(OC)c1. The molecule has 0 bridgehead atoms. The zero-order valence-corrected chi connectivity index (χ0v) is 14.3. The number of hydrogen-bond donors (Lipinski definition) is 1. The third kappa shape index (κ3) is 4.37. The van der Waals surface area contributed by atoms with Crippen LogP contribution >= 0.6 is 11.6 Å². The van der Waals surface area contributed by atoms with Gasteiger partial charge in [-0.25, -0.2) is 4.98 Å². The molecule has 0 fully saturated rings. The second-order valence-electron chi connectivity index (χ2n) is 5.00. The van der Waals surface area contributed by atoms with E-state index in [0.717, 1.165) is 5.56 Å². The number of hydrogen-bond acceptors (Lipinski definition) is 5. The fourth-order valence-electron chi connectivity index (χ4n) is 2.25. The van der Waals surface area contributed by atoms with E-state index in [4.69, 9.17) is 21.1 Å². The third-order valence-electron chi connectivity index (χ3n) is 3.49. The smallest absolute Gasteiger partial charge is 0.255 e. The average molecular weight is 351 g/mol. The zero-order valence-electron chi connectivity index (χ0n) is 13.5. The van der Waals surface area contributed by atoms with Crippen molar-refractivity contribution >= 4 is 17.5 Å². The van der Waals surface area contributed by atoms with Crippen molar-refractivity contribution in [2.24, 2.45) is 0 Å². The van der Waals surface area contributed by atoms with E-state index in [1.807, 2.05) is 6.07 Å². The number of rotatable bonds is 7. The monoisotopic (exact) mass is 350 g/mol. The van der Waals surface area contributed by atoms with E-state index < -0.39 is 0 Å². The summed E-state index contributed by atoms with van der Waals surface area (Å²) < 4.78 is 10.5. The summed E-state index contributed by atoms with van der Waals surface area (Å²) in [5.41, 5.74) is 1.21. The van der Waals surface area contributed by atoms with Crippen molar-refractivity contribution in [2.75, 3.05) is 27.4 Å². The summed E-state index contributed by atoms with van der Waals surface area (Å²) in [6.07, 6.45) is 1.42. The Kier molecular flexibility index (Phi) is 6.40. The number of pyridine rings is 1. The highest BCUT2D eigenvalue weighted by molar-refractivity contribution is 6.29. The van der Waals surface area contributed by atoms with Crippen LogP contribution in [0, 0.1) is 0 Å². The van der Waals surface area contributed by atoms with E-state index >= 15 is 0 Å². The number of aliphatic hydroxyl groups is 1. The van der Waals surface area contributed by atoms with Gasteiger partial charge in [0.05, 0.1) is 26.4 Å². The van der Waals surface area contributed by atoms with Crippen LogP contribution in [-0.2, 0) is 6.54 Å². The summed E-state index contributed by atoms with van der Waals surface area (Å²) in [5.74, 6) is 1.03. The maximum atomic E-state index is 12.6. The van der Waals surface area contributed by atoms with Gasteiger partial charge in [0.1, 0.15) is 16.7 Å². The lowest BCUT2D eigenvalue weighted by molar-refractivity contribution is 0.0706. The predicted molar refractivity (Wildman–Crippen MR) is 90.6 cm³/mol. The summed E-state index contributed by atoms with van der Waals surface area (Å²) in [4.78, 5) is 18.1. The van der Waals surface area contributed by atoms with E-state index in [2.05, 4.69) is 4.98 Å². The van der Waals surface area contributed by atoms with Gasteiger partial charge in [0, 0.05) is 30.9 Å². The van der Waals surface area contributed by atoms with E-state index in [-0.39, 0.29) is 25.6 Å². The number of carbonyl (C=O) groups is 1. The Morgan fingerprint density at radius 3 is 2.62 bits per heavy atom. The van der Waals surface area contributed by atoms with Crippen molar-refractivity contribution in [3.63, 3.8) is 0 Å². The number of benzene rings is 1. The molecular formula is C17H19ClN2O4. The molecule has 1 heterocycles. The molecule has 6 nitrogen and oxygen atoms in total. The van der Waals surface area contributed by atoms with Gasteiger partial charge >= 0.3 is 0 Å². The molecule has 1 aromatic heterocycles. The van der Waals surface area contributed by atoms with Crippen LogP contribution in [0.1, 0.15) is 15.9 Å². The molecule has 0 spiro atoms. The Hall–Kier alpha value is -2.31. The standard InChI is InChI=1S/C17H19ClN2O4/c1-23-14-5-3-13(15(9-14)24-2)11-20(7-8-21)17(22)12-4-6-16(18)19-10-12/h3-6,9-10,21H,7-8,11H2,1-2H3. The van der Waals surface area contributed by atoms with Gasteiger partial charge in [0.15, 0.2) is 0 Å². The van der Waals surface area contributed by atoms with Crippen LogP contribution < -0.4 is 9.47 Å². The largest absolute Gasteiger partial charge is 0.497 e. The minimum atomic E-state index is -0.244. The molecule has 1 amide bonds. The molecular weight excluding hydrogens is 332 g/mol. The quantitative estimate of drug-likeness (QED) is 0.776. The van der Waals surface area contributed by atoms with E-state index in [1.165, 1.54) is 11.1 Å². The van der Waals surface area contributed by atoms with E-state index in [0.29, 0.717) is 22.2 Å². The molecule has 128 valence electrons. The van der Waals surface area contributed by atoms with Gasteiger partial charge in [-0.1, -0.05) is 11.6 Å². The molecule has 0 saturated heterocycles. The van der Waals surface area contributed by atoms with Crippen molar-refractivity contribution < 1.29 is 19.4 Å². The Morgan fingerprint density at radius 2 is 2.04 bits per heavy atom. The number of nitrogens with zero attached hydrogens (tertiary/aromatic N) is 2. The first-order valence-corrected chi connectivity index (χ1v) is 7.69. The average Bonchev–Trinajstić information content (AvgIpc) is 2.61. The van der Waals surface area contributed by atoms with E-state index in [1.54, 1.807) is 38.5 Å². The van der Waals surface area contributed by atoms with Gasteiger partial charge in [-0.2, -0.15) is 0 Å². The van der Waals surface area contributed by atoms with Crippen LogP contribution in [0.3, 0.4) is 0 Å². The van der Waals surface area contributed by atoms with Gasteiger partial charge in [-0.15, -0.1) is 0 Å². The molecule has 24 heavy (non-hydrogen) atoms. The summed E-state index contributed by atoms with van der Waals surface area (Å²) in [7, 11) is 3.13. The van der Waals surface area contributed by atoms with Crippen molar-refractivity contribution in [1.82, 2.24) is 9.88 Å². The van der Waals surface area contributed by atoms with Gasteiger partial charge in [-0.05, 0) is 24.3 Å². The Labute approximate surface area is 145 Å². The summed E-state index contributed by atoms with van der Waals surface area (Å²) in [5, 5.41) is 9.60. The molecule has 2 rings (SSSR count). The molecule has 0 aliphatic rings. The molecule has 0 aliphatic carbocycles. The Morgan fingerprint density at radius 1 is 1.25 bits per heavy atom. The second kappa shape index (κ2) is 8.52. The maximum Gasteiger partial charge on any atom is 0.255 e. The number of ether oxygens (including phenoxy) is 2. The van der Waals surface area contributed by atoms with Gasteiger partial charge in [-0.3, -0.25) is 4.79 Å². The molecule has 7 heteroatoms. The normalized spacial score (nSPS) is 10.3. The Balaban J connectivity index is 2.25. The van der Waals surface area contributed by atoms with Crippen LogP contribution in [0.15, 0.2) is 36.5 Å². The number of halogens is 1. The van der Waals surface area contributed by atoms with Crippen LogP contribution in [0.25, 0.3) is 0 Å². The second-order valence-corrected chi connectivity index (χ2v) is 5.38. The molecule has 1 aromatic carbocycles. The fraction of sp³-hybridized carbons (Fsp3) is 0.294. The lowest BCUT2D eigenvalue weighted by atomic mass is 10.1. The number of methoxy groups -OCH3 is 2.